The molecule has 2 heterocycles. The van der Waals surface area contributed by atoms with E-state index in [2.05, 4.69) is 172 Å². The summed E-state index contributed by atoms with van der Waals surface area (Å²) in [4.78, 5) is 10.6. The number of benzene rings is 6. The molecule has 0 amide bonds. The van der Waals surface area contributed by atoms with Crippen LogP contribution in [0.2, 0.25) is 0 Å². The van der Waals surface area contributed by atoms with E-state index in [1.807, 2.05) is 0 Å². The van der Waals surface area contributed by atoms with Crippen LogP contribution in [0.1, 0.15) is 49.9 Å². The Balaban J connectivity index is 1.16. The van der Waals surface area contributed by atoms with Gasteiger partial charge < -0.3 is 4.57 Å². The Hall–Kier alpha value is -5.80. The molecule has 0 bridgehead atoms. The molecule has 0 aliphatic heterocycles. The van der Waals surface area contributed by atoms with Crippen LogP contribution in [0.4, 0.5) is 0 Å². The molecule has 0 radical (unpaired) electrons. The molecule has 2 aliphatic carbocycles. The molecule has 49 heavy (non-hydrogen) atoms. The molecule has 0 unspecified atom stereocenters. The third-order valence-electron chi connectivity index (χ3n) is 11.2. The molecule has 0 saturated carbocycles. The second-order valence-electron chi connectivity index (χ2n) is 14.6. The summed E-state index contributed by atoms with van der Waals surface area (Å²) in [6.45, 7) is 9.29. The molecule has 0 fully saturated rings. The van der Waals surface area contributed by atoms with E-state index in [0.717, 1.165) is 34.0 Å². The lowest BCUT2D eigenvalue weighted by atomic mass is 9.81. The highest BCUT2D eigenvalue weighted by Gasteiger charge is 2.40. The second kappa shape index (κ2) is 9.87. The first kappa shape index (κ1) is 28.2. The van der Waals surface area contributed by atoms with Gasteiger partial charge in [0.15, 0.2) is 5.82 Å². The predicted octanol–water partition coefficient (Wildman–Crippen LogP) is 11.5. The Bertz CT molecular complexity index is 2640. The molecule has 3 nitrogen and oxygen atoms in total. The van der Waals surface area contributed by atoms with E-state index in [4.69, 9.17) is 9.97 Å². The summed E-state index contributed by atoms with van der Waals surface area (Å²) in [6, 6.07) is 50.5. The first-order chi connectivity index (χ1) is 23.8. The summed E-state index contributed by atoms with van der Waals surface area (Å²) in [6.07, 6.45) is 0. The molecule has 0 N–H and O–H groups in total. The lowest BCUT2D eigenvalue weighted by molar-refractivity contribution is 0.658. The van der Waals surface area contributed by atoms with Crippen LogP contribution in [0.15, 0.2) is 140 Å². The van der Waals surface area contributed by atoms with Gasteiger partial charge in [-0.3, -0.25) is 0 Å². The van der Waals surface area contributed by atoms with Gasteiger partial charge in [0.05, 0.1) is 22.4 Å². The lowest BCUT2D eigenvalue weighted by Crippen LogP contribution is -2.17. The number of para-hydroxylation sites is 1. The number of aromatic nitrogens is 3. The zero-order valence-electron chi connectivity index (χ0n) is 28.1. The van der Waals surface area contributed by atoms with Crippen molar-refractivity contribution in [1.29, 1.82) is 0 Å². The van der Waals surface area contributed by atoms with Gasteiger partial charge >= 0.3 is 0 Å². The fourth-order valence-corrected chi connectivity index (χ4v) is 8.84. The average molecular weight is 630 g/mol. The van der Waals surface area contributed by atoms with Gasteiger partial charge in [0, 0.05) is 49.5 Å². The van der Waals surface area contributed by atoms with Crippen molar-refractivity contribution in [1.82, 2.24) is 14.5 Å². The normalized spacial score (nSPS) is 14.9. The monoisotopic (exact) mass is 629 g/mol. The van der Waals surface area contributed by atoms with Crippen LogP contribution in [0, 0.1) is 0 Å². The molecule has 0 saturated heterocycles. The maximum absolute atomic E-state index is 5.31. The molecule has 2 aromatic heterocycles. The summed E-state index contributed by atoms with van der Waals surface area (Å²) in [5.74, 6) is 0.746. The van der Waals surface area contributed by atoms with Gasteiger partial charge in [-0.1, -0.05) is 131 Å². The summed E-state index contributed by atoms with van der Waals surface area (Å²) in [5.41, 5.74) is 16.7. The average Bonchev–Trinajstić information content (AvgIpc) is 3.69. The second-order valence-corrected chi connectivity index (χ2v) is 14.6. The first-order valence-corrected chi connectivity index (χ1v) is 17.2. The van der Waals surface area contributed by atoms with E-state index in [1.165, 1.54) is 60.8 Å². The van der Waals surface area contributed by atoms with Crippen molar-refractivity contribution in [2.75, 3.05) is 0 Å². The van der Waals surface area contributed by atoms with Crippen LogP contribution in [-0.4, -0.2) is 14.5 Å². The predicted molar refractivity (Wildman–Crippen MR) is 202 cm³/mol. The molecule has 10 rings (SSSR count). The number of fused-ring (bicyclic) bond motifs is 10. The number of rotatable bonds is 3. The minimum atomic E-state index is -0.202. The summed E-state index contributed by atoms with van der Waals surface area (Å²) in [5, 5.41) is 2.60. The molecule has 6 aromatic carbocycles. The molecule has 2 aliphatic rings. The van der Waals surface area contributed by atoms with Gasteiger partial charge in [0.1, 0.15) is 0 Å². The minimum Gasteiger partial charge on any atom is -0.309 e. The zero-order valence-corrected chi connectivity index (χ0v) is 28.1. The van der Waals surface area contributed by atoms with Gasteiger partial charge in [0.2, 0.25) is 0 Å². The van der Waals surface area contributed by atoms with E-state index in [-0.39, 0.29) is 10.8 Å². The van der Waals surface area contributed by atoms with Crippen LogP contribution in [0.3, 0.4) is 0 Å². The van der Waals surface area contributed by atoms with Crippen molar-refractivity contribution in [2.24, 2.45) is 0 Å². The van der Waals surface area contributed by atoms with Gasteiger partial charge in [-0.2, -0.15) is 0 Å². The third-order valence-corrected chi connectivity index (χ3v) is 11.2. The van der Waals surface area contributed by atoms with Gasteiger partial charge in [-0.15, -0.1) is 0 Å². The smallest absolute Gasteiger partial charge is 0.160 e. The fourth-order valence-electron chi connectivity index (χ4n) is 8.84. The van der Waals surface area contributed by atoms with Crippen LogP contribution >= 0.6 is 0 Å². The minimum absolute atomic E-state index is 0.0465. The van der Waals surface area contributed by atoms with E-state index in [0.29, 0.717) is 0 Å². The van der Waals surface area contributed by atoms with Crippen LogP contribution in [0.5, 0.6) is 0 Å². The van der Waals surface area contributed by atoms with Crippen molar-refractivity contribution in [3.05, 3.63) is 162 Å². The highest BCUT2D eigenvalue weighted by molar-refractivity contribution is 6.17. The van der Waals surface area contributed by atoms with Crippen molar-refractivity contribution >= 4 is 21.8 Å². The Labute approximate surface area is 286 Å². The van der Waals surface area contributed by atoms with Crippen molar-refractivity contribution in [2.45, 2.75) is 38.5 Å². The van der Waals surface area contributed by atoms with E-state index >= 15 is 0 Å². The van der Waals surface area contributed by atoms with Gasteiger partial charge in [-0.05, 0) is 64.2 Å². The lowest BCUT2D eigenvalue weighted by Gasteiger charge is -2.23. The van der Waals surface area contributed by atoms with Crippen LogP contribution in [0.25, 0.3) is 72.5 Å². The number of hydrogen-bond acceptors (Lipinski definition) is 2. The molecule has 234 valence electrons. The quantitative estimate of drug-likeness (QED) is 0.195. The fraction of sp³-hybridized carbons (Fsp3) is 0.130. The molecule has 8 aromatic rings. The molecule has 0 spiro atoms. The SMILES string of the molecule is CC1(C)c2ccccc2-c2c1ccc1c2c2ccccc2n1-c1ccc(-c2nc(-c3ccccc3)c3c(n2)-c2ccccc2C3(C)C)cc1. The standard InChI is InChI=1S/C46H35N3/c1-45(2)34-19-11-8-16-31(34)39-36(45)26-27-38-40(39)33-18-10-13-21-37(33)49(38)30-24-22-29(23-25-30)44-47-42(28-14-6-5-7-15-28)41-43(48-44)32-17-9-12-20-35(32)46(41,3)4/h5-27H,1-4H3. The zero-order chi connectivity index (χ0) is 33.1. The topological polar surface area (TPSA) is 30.7 Å². The molecular formula is C46H35N3. The van der Waals surface area contributed by atoms with E-state index < -0.39 is 0 Å². The van der Waals surface area contributed by atoms with E-state index in [9.17, 15) is 0 Å². The number of hydrogen-bond donors (Lipinski definition) is 0. The first-order valence-electron chi connectivity index (χ1n) is 17.2. The number of nitrogens with zero attached hydrogens (tertiary/aromatic N) is 3. The third kappa shape index (κ3) is 3.79. The van der Waals surface area contributed by atoms with Gasteiger partial charge in [-0.25, -0.2) is 9.97 Å². The van der Waals surface area contributed by atoms with Crippen molar-refractivity contribution in [3.8, 4) is 50.7 Å². The Kier molecular flexibility index (Phi) is 5.69. The van der Waals surface area contributed by atoms with Crippen molar-refractivity contribution < 1.29 is 0 Å². The van der Waals surface area contributed by atoms with E-state index in [1.54, 1.807) is 0 Å². The Morgan fingerprint density at radius 2 is 1.10 bits per heavy atom. The van der Waals surface area contributed by atoms with Crippen LogP contribution < -0.4 is 0 Å². The van der Waals surface area contributed by atoms with Crippen LogP contribution in [-0.2, 0) is 10.8 Å². The summed E-state index contributed by atoms with van der Waals surface area (Å²) in [7, 11) is 0. The maximum atomic E-state index is 5.31. The molecule has 0 atom stereocenters. The highest BCUT2D eigenvalue weighted by atomic mass is 15.0. The maximum Gasteiger partial charge on any atom is 0.160 e. The highest BCUT2D eigenvalue weighted by Crippen LogP contribution is 2.54. The van der Waals surface area contributed by atoms with Crippen molar-refractivity contribution in [3.63, 3.8) is 0 Å². The van der Waals surface area contributed by atoms with Gasteiger partial charge in [0.25, 0.3) is 0 Å². The Morgan fingerprint density at radius 1 is 0.469 bits per heavy atom. The largest absolute Gasteiger partial charge is 0.309 e. The summed E-state index contributed by atoms with van der Waals surface area (Å²) < 4.78 is 2.42. The Morgan fingerprint density at radius 3 is 1.88 bits per heavy atom. The summed E-state index contributed by atoms with van der Waals surface area (Å²) >= 11 is 0. The molecule has 3 heteroatoms. The molecular weight excluding hydrogens is 595 g/mol.